The molecule has 6 heteroatoms. The predicted octanol–water partition coefficient (Wildman–Crippen LogP) is 1.24. The number of carbonyl (C=O) groups is 1. The molecule has 6 nitrogen and oxygen atoms in total. The summed E-state index contributed by atoms with van der Waals surface area (Å²) in [6, 6.07) is 0. The van der Waals surface area contributed by atoms with Crippen LogP contribution in [0.15, 0.2) is 4.52 Å². The summed E-state index contributed by atoms with van der Waals surface area (Å²) < 4.78 is 15.8. The SMILES string of the molecule is CCc1noc(COC(=O)[C@@H]2C[C@H]3CC[C@@H]2O3)n1. The molecule has 2 saturated heterocycles. The minimum atomic E-state index is -0.210. The monoisotopic (exact) mass is 252 g/mol. The Hall–Kier alpha value is -1.43. The Morgan fingerprint density at radius 2 is 2.39 bits per heavy atom. The first-order valence-electron chi connectivity index (χ1n) is 6.40. The van der Waals surface area contributed by atoms with Crippen LogP contribution in [0.2, 0.25) is 0 Å². The van der Waals surface area contributed by atoms with Crippen molar-refractivity contribution in [2.24, 2.45) is 5.92 Å². The molecule has 0 saturated carbocycles. The van der Waals surface area contributed by atoms with E-state index in [2.05, 4.69) is 10.1 Å². The molecule has 2 bridgehead atoms. The summed E-state index contributed by atoms with van der Waals surface area (Å²) in [7, 11) is 0. The van der Waals surface area contributed by atoms with Crippen molar-refractivity contribution in [2.75, 3.05) is 0 Å². The zero-order valence-electron chi connectivity index (χ0n) is 10.3. The van der Waals surface area contributed by atoms with Crippen molar-refractivity contribution in [3.8, 4) is 0 Å². The fourth-order valence-electron chi connectivity index (χ4n) is 2.62. The van der Waals surface area contributed by atoms with Crippen LogP contribution < -0.4 is 0 Å². The van der Waals surface area contributed by atoms with E-state index >= 15 is 0 Å². The van der Waals surface area contributed by atoms with E-state index in [-0.39, 0.29) is 30.7 Å². The lowest BCUT2D eigenvalue weighted by Crippen LogP contribution is -2.27. The smallest absolute Gasteiger partial charge is 0.312 e. The number of esters is 1. The van der Waals surface area contributed by atoms with Crippen LogP contribution in [0.4, 0.5) is 0 Å². The molecule has 0 aromatic carbocycles. The second kappa shape index (κ2) is 4.68. The van der Waals surface area contributed by atoms with Crippen molar-refractivity contribution in [3.05, 3.63) is 11.7 Å². The maximum atomic E-state index is 11.9. The lowest BCUT2D eigenvalue weighted by Gasteiger charge is -2.16. The zero-order chi connectivity index (χ0) is 12.5. The van der Waals surface area contributed by atoms with Crippen molar-refractivity contribution >= 4 is 5.97 Å². The van der Waals surface area contributed by atoms with Crippen LogP contribution in [0.25, 0.3) is 0 Å². The third-order valence-electron chi connectivity index (χ3n) is 3.57. The van der Waals surface area contributed by atoms with E-state index in [1.807, 2.05) is 6.92 Å². The molecule has 0 aliphatic carbocycles. The predicted molar refractivity (Wildman–Crippen MR) is 59.5 cm³/mol. The lowest BCUT2D eigenvalue weighted by molar-refractivity contribution is -0.152. The molecular formula is C12H16N2O4. The third-order valence-corrected chi connectivity index (χ3v) is 3.57. The van der Waals surface area contributed by atoms with E-state index in [1.165, 1.54) is 0 Å². The zero-order valence-corrected chi connectivity index (χ0v) is 10.3. The Labute approximate surface area is 105 Å². The normalized spacial score (nSPS) is 29.7. The van der Waals surface area contributed by atoms with Gasteiger partial charge in [0.2, 0.25) is 0 Å². The van der Waals surface area contributed by atoms with Gasteiger partial charge in [-0.05, 0) is 19.3 Å². The minimum Gasteiger partial charge on any atom is -0.455 e. The van der Waals surface area contributed by atoms with Crippen molar-refractivity contribution in [1.82, 2.24) is 10.1 Å². The molecule has 3 heterocycles. The van der Waals surface area contributed by atoms with Crippen molar-refractivity contribution in [2.45, 2.75) is 51.4 Å². The summed E-state index contributed by atoms with van der Waals surface area (Å²) in [5, 5.41) is 3.75. The van der Waals surface area contributed by atoms with Gasteiger partial charge in [0.05, 0.1) is 18.1 Å². The molecule has 3 atom stereocenters. The number of hydrogen-bond acceptors (Lipinski definition) is 6. The van der Waals surface area contributed by atoms with E-state index in [0.717, 1.165) is 19.3 Å². The molecule has 1 aromatic heterocycles. The molecule has 98 valence electrons. The Balaban J connectivity index is 1.52. The van der Waals surface area contributed by atoms with Gasteiger partial charge in [0.1, 0.15) is 0 Å². The maximum Gasteiger partial charge on any atom is 0.312 e. The molecule has 0 N–H and O–H groups in total. The molecule has 0 spiro atoms. The standard InChI is InChI=1S/C12H16N2O4/c1-2-10-13-11(18-14-10)6-16-12(15)8-5-7-3-4-9(8)17-7/h7-9H,2-6H2,1H3/t7-,8-,9+/m1/s1. The highest BCUT2D eigenvalue weighted by molar-refractivity contribution is 5.73. The largest absolute Gasteiger partial charge is 0.455 e. The summed E-state index contributed by atoms with van der Waals surface area (Å²) in [4.78, 5) is 16.0. The summed E-state index contributed by atoms with van der Waals surface area (Å²) in [6.45, 7) is 1.99. The molecule has 18 heavy (non-hydrogen) atoms. The van der Waals surface area contributed by atoms with Crippen molar-refractivity contribution in [3.63, 3.8) is 0 Å². The van der Waals surface area contributed by atoms with Gasteiger partial charge in [0, 0.05) is 6.42 Å². The van der Waals surface area contributed by atoms with Gasteiger partial charge in [-0.2, -0.15) is 4.98 Å². The second-order valence-electron chi connectivity index (χ2n) is 4.78. The first kappa shape index (κ1) is 11.6. The number of nitrogens with zero attached hydrogens (tertiary/aromatic N) is 2. The van der Waals surface area contributed by atoms with Crippen LogP contribution in [0.3, 0.4) is 0 Å². The fourth-order valence-corrected chi connectivity index (χ4v) is 2.62. The molecule has 0 amide bonds. The van der Waals surface area contributed by atoms with E-state index in [4.69, 9.17) is 14.0 Å². The van der Waals surface area contributed by atoms with Crippen molar-refractivity contribution in [1.29, 1.82) is 0 Å². The summed E-state index contributed by atoms with van der Waals surface area (Å²) in [6.07, 6.45) is 3.83. The minimum absolute atomic E-state index is 0.0522. The highest BCUT2D eigenvalue weighted by atomic mass is 16.6. The van der Waals surface area contributed by atoms with Gasteiger partial charge in [-0.25, -0.2) is 0 Å². The van der Waals surface area contributed by atoms with Gasteiger partial charge in [-0.15, -0.1) is 0 Å². The molecule has 2 aliphatic heterocycles. The molecular weight excluding hydrogens is 236 g/mol. The van der Waals surface area contributed by atoms with Crippen LogP contribution in [0.1, 0.15) is 37.9 Å². The van der Waals surface area contributed by atoms with Gasteiger partial charge in [0.15, 0.2) is 12.4 Å². The molecule has 2 fully saturated rings. The van der Waals surface area contributed by atoms with E-state index < -0.39 is 0 Å². The number of aryl methyl sites for hydroxylation is 1. The number of fused-ring (bicyclic) bond motifs is 2. The first-order chi connectivity index (χ1) is 8.76. The third kappa shape index (κ3) is 2.12. The molecule has 2 aliphatic rings. The number of carbonyl (C=O) groups excluding carboxylic acids is 1. The van der Waals surface area contributed by atoms with Crippen LogP contribution in [-0.2, 0) is 27.3 Å². The number of ether oxygens (including phenoxy) is 2. The lowest BCUT2D eigenvalue weighted by atomic mass is 9.89. The fraction of sp³-hybridized carbons (Fsp3) is 0.750. The van der Waals surface area contributed by atoms with E-state index in [9.17, 15) is 4.79 Å². The Morgan fingerprint density at radius 3 is 3.00 bits per heavy atom. The van der Waals surface area contributed by atoms with Crippen LogP contribution in [0, 0.1) is 5.92 Å². The Morgan fingerprint density at radius 1 is 1.50 bits per heavy atom. The number of hydrogen-bond donors (Lipinski definition) is 0. The highest BCUT2D eigenvalue weighted by Crippen LogP contribution is 2.39. The molecule has 0 unspecified atom stereocenters. The molecule has 0 radical (unpaired) electrons. The maximum absolute atomic E-state index is 11.9. The Bertz CT molecular complexity index is 445. The van der Waals surface area contributed by atoms with Crippen LogP contribution in [0.5, 0.6) is 0 Å². The first-order valence-corrected chi connectivity index (χ1v) is 6.40. The topological polar surface area (TPSA) is 74.5 Å². The average Bonchev–Trinajstić information content (AvgIpc) is 3.11. The van der Waals surface area contributed by atoms with Gasteiger partial charge in [-0.3, -0.25) is 4.79 Å². The highest BCUT2D eigenvalue weighted by Gasteiger charge is 2.45. The second-order valence-corrected chi connectivity index (χ2v) is 4.78. The summed E-state index contributed by atoms with van der Waals surface area (Å²) in [5.74, 6) is 0.657. The Kier molecular flexibility index (Phi) is 3.03. The summed E-state index contributed by atoms with van der Waals surface area (Å²) in [5.41, 5.74) is 0. The van der Waals surface area contributed by atoms with E-state index in [0.29, 0.717) is 18.1 Å². The quantitative estimate of drug-likeness (QED) is 0.750. The van der Waals surface area contributed by atoms with Crippen molar-refractivity contribution < 1.29 is 18.8 Å². The van der Waals surface area contributed by atoms with Crippen LogP contribution >= 0.6 is 0 Å². The van der Waals surface area contributed by atoms with Crippen LogP contribution in [-0.4, -0.2) is 28.3 Å². The molecule has 1 aromatic rings. The van der Waals surface area contributed by atoms with Gasteiger partial charge >= 0.3 is 5.97 Å². The van der Waals surface area contributed by atoms with E-state index in [1.54, 1.807) is 0 Å². The average molecular weight is 252 g/mol. The molecule has 3 rings (SSSR count). The van der Waals surface area contributed by atoms with Gasteiger partial charge in [-0.1, -0.05) is 12.1 Å². The number of aromatic nitrogens is 2. The number of rotatable bonds is 4. The van der Waals surface area contributed by atoms with Gasteiger partial charge in [0.25, 0.3) is 5.89 Å². The summed E-state index contributed by atoms with van der Waals surface area (Å²) >= 11 is 0. The van der Waals surface area contributed by atoms with Gasteiger partial charge < -0.3 is 14.0 Å².